The van der Waals surface area contributed by atoms with E-state index >= 15 is 0 Å². The smallest absolute Gasteiger partial charge is 0.321 e. The second-order valence-corrected chi connectivity index (χ2v) is 5.85. The number of thioether (sulfide) groups is 1. The number of aliphatic carboxylic acids is 1. The second kappa shape index (κ2) is 8.80. The van der Waals surface area contributed by atoms with Crippen LogP contribution in [0.3, 0.4) is 0 Å². The Labute approximate surface area is 122 Å². The van der Waals surface area contributed by atoms with Crippen LogP contribution in [-0.2, 0) is 9.59 Å². The second-order valence-electron chi connectivity index (χ2n) is 4.82. The normalized spacial score (nSPS) is 17.2. The first-order valence-corrected chi connectivity index (χ1v) is 7.81. The minimum atomic E-state index is -1.10. The summed E-state index contributed by atoms with van der Waals surface area (Å²) in [4.78, 5) is 33.5. The van der Waals surface area contributed by atoms with Crippen molar-refractivity contribution in [2.45, 2.75) is 44.2 Å². The zero-order chi connectivity index (χ0) is 15.0. The molecule has 20 heavy (non-hydrogen) atoms. The summed E-state index contributed by atoms with van der Waals surface area (Å²) in [7, 11) is 0. The Morgan fingerprint density at radius 2 is 1.90 bits per heavy atom. The summed E-state index contributed by atoms with van der Waals surface area (Å²) in [6.45, 7) is 0. The van der Waals surface area contributed by atoms with E-state index in [1.165, 1.54) is 6.42 Å². The molecule has 0 bridgehead atoms. The molecule has 1 aliphatic rings. The van der Waals surface area contributed by atoms with Crippen LogP contribution in [0.2, 0.25) is 0 Å². The standard InChI is InChI=1S/C12H21N3O4S/c13-9(11(17)18)6-20-7-10(16)15-12(19)14-8-4-2-1-3-5-8/h8-9H,1-7,13H2,(H,17,18)(H2,14,15,16,19). The number of carbonyl (C=O) groups is 3. The number of amides is 3. The van der Waals surface area contributed by atoms with Gasteiger partial charge >= 0.3 is 12.0 Å². The van der Waals surface area contributed by atoms with E-state index in [9.17, 15) is 14.4 Å². The van der Waals surface area contributed by atoms with Crippen LogP contribution in [0, 0.1) is 0 Å². The molecule has 0 spiro atoms. The molecule has 1 fully saturated rings. The highest BCUT2D eigenvalue weighted by atomic mass is 32.2. The van der Waals surface area contributed by atoms with E-state index in [4.69, 9.17) is 10.8 Å². The Balaban J connectivity index is 2.14. The molecular weight excluding hydrogens is 282 g/mol. The van der Waals surface area contributed by atoms with Gasteiger partial charge in [-0.05, 0) is 12.8 Å². The number of urea groups is 1. The molecule has 1 rings (SSSR count). The Bertz CT molecular complexity index is 359. The Kier molecular flexibility index (Phi) is 7.38. The lowest BCUT2D eigenvalue weighted by atomic mass is 9.96. The summed E-state index contributed by atoms with van der Waals surface area (Å²) in [5.74, 6) is -1.40. The zero-order valence-corrected chi connectivity index (χ0v) is 12.1. The molecule has 1 unspecified atom stereocenters. The minimum absolute atomic E-state index is 0.0130. The zero-order valence-electron chi connectivity index (χ0n) is 11.3. The van der Waals surface area contributed by atoms with Crippen molar-refractivity contribution in [3.05, 3.63) is 0 Å². The van der Waals surface area contributed by atoms with Crippen LogP contribution in [0.5, 0.6) is 0 Å². The number of rotatable bonds is 6. The number of hydrogen-bond acceptors (Lipinski definition) is 5. The molecule has 5 N–H and O–H groups in total. The third-order valence-corrected chi connectivity index (χ3v) is 4.10. The largest absolute Gasteiger partial charge is 0.480 e. The van der Waals surface area contributed by atoms with Gasteiger partial charge in [-0.25, -0.2) is 4.79 Å². The predicted octanol–water partition coefficient (Wildman–Crippen LogP) is 0.290. The molecule has 0 radical (unpaired) electrons. The van der Waals surface area contributed by atoms with Crippen LogP contribution in [0.25, 0.3) is 0 Å². The maximum Gasteiger partial charge on any atom is 0.321 e. The van der Waals surface area contributed by atoms with Crippen molar-refractivity contribution in [1.29, 1.82) is 0 Å². The van der Waals surface area contributed by atoms with Crippen LogP contribution in [0.15, 0.2) is 0 Å². The van der Waals surface area contributed by atoms with Gasteiger partial charge in [-0.1, -0.05) is 19.3 Å². The highest BCUT2D eigenvalue weighted by Crippen LogP contribution is 2.17. The Morgan fingerprint density at radius 1 is 1.25 bits per heavy atom. The molecule has 0 aromatic carbocycles. The quantitative estimate of drug-likeness (QED) is 0.559. The number of carboxylic acids is 1. The number of nitrogens with two attached hydrogens (primary N) is 1. The van der Waals surface area contributed by atoms with E-state index in [1.807, 2.05) is 0 Å². The van der Waals surface area contributed by atoms with E-state index in [2.05, 4.69) is 10.6 Å². The summed E-state index contributed by atoms with van der Waals surface area (Å²) in [5, 5.41) is 13.6. The van der Waals surface area contributed by atoms with Crippen LogP contribution < -0.4 is 16.4 Å². The Hall–Kier alpha value is -1.28. The summed E-state index contributed by atoms with van der Waals surface area (Å²) in [6.07, 6.45) is 5.29. The maximum atomic E-state index is 11.6. The lowest BCUT2D eigenvalue weighted by Crippen LogP contribution is -2.45. The average molecular weight is 303 g/mol. The maximum absolute atomic E-state index is 11.6. The van der Waals surface area contributed by atoms with Gasteiger partial charge in [0.15, 0.2) is 0 Å². The van der Waals surface area contributed by atoms with Crippen molar-refractivity contribution >= 4 is 29.7 Å². The molecule has 0 aliphatic heterocycles. The summed E-state index contributed by atoms with van der Waals surface area (Å²) in [6, 6.07) is -1.33. The van der Waals surface area contributed by atoms with E-state index < -0.39 is 23.9 Å². The van der Waals surface area contributed by atoms with E-state index in [0.29, 0.717) is 0 Å². The first-order valence-electron chi connectivity index (χ1n) is 6.65. The first-order chi connectivity index (χ1) is 9.49. The van der Waals surface area contributed by atoms with Crippen molar-refractivity contribution in [3.8, 4) is 0 Å². The van der Waals surface area contributed by atoms with Gasteiger partial charge in [-0.3, -0.25) is 14.9 Å². The van der Waals surface area contributed by atoms with Crippen LogP contribution in [0.1, 0.15) is 32.1 Å². The van der Waals surface area contributed by atoms with Gasteiger partial charge in [0.05, 0.1) is 5.75 Å². The van der Waals surface area contributed by atoms with E-state index in [-0.39, 0.29) is 17.5 Å². The summed E-state index contributed by atoms with van der Waals surface area (Å²) < 4.78 is 0. The molecule has 1 saturated carbocycles. The highest BCUT2D eigenvalue weighted by molar-refractivity contribution is 8.00. The number of hydrogen-bond donors (Lipinski definition) is 4. The molecule has 0 aromatic heterocycles. The average Bonchev–Trinajstić information content (AvgIpc) is 2.39. The third kappa shape index (κ3) is 6.76. The van der Waals surface area contributed by atoms with Gasteiger partial charge in [-0.15, -0.1) is 11.8 Å². The number of carboxylic acid groups (broad SMARTS) is 1. The molecule has 114 valence electrons. The molecule has 0 saturated heterocycles. The molecule has 0 aromatic rings. The van der Waals surface area contributed by atoms with Crippen molar-refractivity contribution in [2.24, 2.45) is 5.73 Å². The molecule has 1 atom stereocenters. The predicted molar refractivity (Wildman–Crippen MR) is 76.5 cm³/mol. The van der Waals surface area contributed by atoms with Crippen LogP contribution in [-0.4, -0.2) is 46.6 Å². The fourth-order valence-corrected chi connectivity index (χ4v) is 2.75. The van der Waals surface area contributed by atoms with Gasteiger partial charge in [0.1, 0.15) is 6.04 Å². The highest BCUT2D eigenvalue weighted by Gasteiger charge is 2.17. The molecule has 3 amide bonds. The van der Waals surface area contributed by atoms with E-state index in [1.54, 1.807) is 0 Å². The number of imide groups is 1. The summed E-state index contributed by atoms with van der Waals surface area (Å²) >= 11 is 1.09. The summed E-state index contributed by atoms with van der Waals surface area (Å²) in [5.41, 5.74) is 5.30. The topological polar surface area (TPSA) is 122 Å². The molecule has 8 heteroatoms. The number of carbonyl (C=O) groups excluding carboxylic acids is 2. The molecule has 1 aliphatic carbocycles. The SMILES string of the molecule is NC(CSCC(=O)NC(=O)NC1CCCCC1)C(=O)O. The van der Waals surface area contributed by atoms with Gasteiger partial charge < -0.3 is 16.2 Å². The molecule has 7 nitrogen and oxygen atoms in total. The minimum Gasteiger partial charge on any atom is -0.480 e. The van der Waals surface area contributed by atoms with Gasteiger partial charge in [-0.2, -0.15) is 0 Å². The van der Waals surface area contributed by atoms with Gasteiger partial charge in [0.25, 0.3) is 0 Å². The van der Waals surface area contributed by atoms with Crippen molar-refractivity contribution in [1.82, 2.24) is 10.6 Å². The molecular formula is C12H21N3O4S. The van der Waals surface area contributed by atoms with Crippen LogP contribution >= 0.6 is 11.8 Å². The third-order valence-electron chi connectivity index (χ3n) is 3.04. The monoisotopic (exact) mass is 303 g/mol. The Morgan fingerprint density at radius 3 is 2.50 bits per heavy atom. The lowest BCUT2D eigenvalue weighted by Gasteiger charge is -2.22. The van der Waals surface area contributed by atoms with Crippen LogP contribution in [0.4, 0.5) is 4.79 Å². The van der Waals surface area contributed by atoms with Gasteiger partial charge in [0.2, 0.25) is 5.91 Å². The first kappa shape index (κ1) is 16.8. The fraction of sp³-hybridized carbons (Fsp3) is 0.750. The fourth-order valence-electron chi connectivity index (χ4n) is 1.98. The lowest BCUT2D eigenvalue weighted by molar-refractivity contribution is -0.138. The molecule has 0 heterocycles. The van der Waals surface area contributed by atoms with E-state index in [0.717, 1.165) is 37.4 Å². The number of nitrogens with one attached hydrogen (secondary N) is 2. The van der Waals surface area contributed by atoms with Crippen molar-refractivity contribution in [3.63, 3.8) is 0 Å². The van der Waals surface area contributed by atoms with Gasteiger partial charge in [0, 0.05) is 11.8 Å². The van der Waals surface area contributed by atoms with Crippen molar-refractivity contribution < 1.29 is 19.5 Å². The van der Waals surface area contributed by atoms with Crippen molar-refractivity contribution in [2.75, 3.05) is 11.5 Å².